The van der Waals surface area contributed by atoms with E-state index in [0.29, 0.717) is 18.8 Å². The molecule has 1 aromatic carbocycles. The van der Waals surface area contributed by atoms with Crippen LogP contribution in [-0.2, 0) is 0 Å². The highest BCUT2D eigenvalue weighted by molar-refractivity contribution is 7.08. The van der Waals surface area contributed by atoms with Gasteiger partial charge in [-0.3, -0.25) is 14.0 Å². The van der Waals surface area contributed by atoms with Crippen molar-refractivity contribution < 1.29 is 13.6 Å². The molecule has 128 valence electrons. The molecule has 1 aliphatic rings. The highest BCUT2D eigenvalue weighted by atomic mass is 35.5. The number of piperidine rings is 1. The Labute approximate surface area is 145 Å². The first-order chi connectivity index (χ1) is 11.5. The van der Waals surface area contributed by atoms with Crippen molar-refractivity contribution in [1.82, 2.24) is 4.37 Å². The van der Waals surface area contributed by atoms with E-state index in [0.717, 1.165) is 42.9 Å². The van der Waals surface area contributed by atoms with Gasteiger partial charge in [0.05, 0.1) is 11.4 Å². The second kappa shape index (κ2) is 6.90. The van der Waals surface area contributed by atoms with Gasteiger partial charge in [0.2, 0.25) is 0 Å². The third-order valence-electron chi connectivity index (χ3n) is 3.83. The van der Waals surface area contributed by atoms with Gasteiger partial charge in [0, 0.05) is 25.2 Å². The monoisotopic (exact) mass is 373 g/mol. The third-order valence-corrected chi connectivity index (χ3v) is 5.19. The molecule has 1 amide bonds. The molecule has 2 heterocycles. The van der Waals surface area contributed by atoms with Gasteiger partial charge in [0.1, 0.15) is 9.90 Å². The molecule has 24 heavy (non-hydrogen) atoms. The predicted octanol–water partition coefficient (Wildman–Crippen LogP) is 3.61. The number of benzene rings is 1. The molecule has 0 unspecified atom stereocenters. The summed E-state index contributed by atoms with van der Waals surface area (Å²) in [6.45, 7) is 1.40. The normalized spacial score (nSPS) is 14.7. The molecule has 0 radical (unpaired) electrons. The van der Waals surface area contributed by atoms with Gasteiger partial charge >= 0.3 is 0 Å². The summed E-state index contributed by atoms with van der Waals surface area (Å²) >= 11 is 6.57. The number of carbonyl (C=O) groups is 1. The number of aromatic nitrogens is 1. The summed E-state index contributed by atoms with van der Waals surface area (Å²) in [5.41, 5.74) is 0.00651. The molecular weight excluding hydrogens is 360 g/mol. The topological polar surface area (TPSA) is 65.2 Å². The number of nitrogens with one attached hydrogen (secondary N) is 2. The van der Waals surface area contributed by atoms with Crippen molar-refractivity contribution in [1.29, 1.82) is 0 Å². The molecule has 1 saturated heterocycles. The maximum atomic E-state index is 13.7. The number of hydrogen-bond donors (Lipinski definition) is 2. The van der Waals surface area contributed by atoms with Crippen LogP contribution in [0.4, 0.5) is 20.2 Å². The Bertz CT molecular complexity index is 831. The number of rotatable bonds is 3. The molecular formula is C15H14ClF2N3O2S. The number of H-pyrrole nitrogens is 1. The lowest BCUT2D eigenvalue weighted by Gasteiger charge is -2.30. The SMILES string of the molecule is O=C(Nc1cc(F)c(F)cc1N1CCCCC1)c1s[nH]c(=O)c1Cl. The lowest BCUT2D eigenvalue weighted by Crippen LogP contribution is -2.30. The van der Waals surface area contributed by atoms with Crippen molar-refractivity contribution in [3.8, 4) is 0 Å². The van der Waals surface area contributed by atoms with Crippen LogP contribution >= 0.6 is 23.1 Å². The molecule has 9 heteroatoms. The second-order valence-electron chi connectivity index (χ2n) is 5.46. The summed E-state index contributed by atoms with van der Waals surface area (Å²) in [6, 6.07) is 2.03. The first-order valence-corrected chi connectivity index (χ1v) is 8.59. The Morgan fingerprint density at radius 1 is 1.21 bits per heavy atom. The van der Waals surface area contributed by atoms with Crippen molar-refractivity contribution in [2.75, 3.05) is 23.3 Å². The summed E-state index contributed by atoms with van der Waals surface area (Å²) < 4.78 is 29.7. The summed E-state index contributed by atoms with van der Waals surface area (Å²) in [7, 11) is 0. The van der Waals surface area contributed by atoms with E-state index in [1.54, 1.807) is 0 Å². The molecule has 1 fully saturated rings. The zero-order valence-corrected chi connectivity index (χ0v) is 14.1. The lowest BCUT2D eigenvalue weighted by molar-refractivity contribution is 0.103. The molecule has 0 spiro atoms. The van der Waals surface area contributed by atoms with E-state index in [2.05, 4.69) is 9.69 Å². The molecule has 1 aliphatic heterocycles. The summed E-state index contributed by atoms with van der Waals surface area (Å²) in [4.78, 5) is 25.5. The van der Waals surface area contributed by atoms with Crippen molar-refractivity contribution in [2.24, 2.45) is 0 Å². The summed E-state index contributed by atoms with van der Waals surface area (Å²) in [5, 5.41) is 2.30. The molecule has 0 aliphatic carbocycles. The van der Waals surface area contributed by atoms with Gasteiger partial charge in [-0.25, -0.2) is 8.78 Å². The zero-order chi connectivity index (χ0) is 17.3. The minimum Gasteiger partial charge on any atom is -0.370 e. The summed E-state index contributed by atoms with van der Waals surface area (Å²) in [6.07, 6.45) is 2.96. The first kappa shape index (κ1) is 16.9. The van der Waals surface area contributed by atoms with Crippen molar-refractivity contribution in [2.45, 2.75) is 19.3 Å². The standard InChI is InChI=1S/C15H14ClF2N3O2S/c16-12-13(24-20-14(12)22)15(23)19-10-6-8(17)9(18)7-11(10)21-4-2-1-3-5-21/h6-7H,1-5H2,(H,19,23)(H,20,22). The van der Waals surface area contributed by atoms with Crippen molar-refractivity contribution >= 4 is 40.4 Å². The smallest absolute Gasteiger partial charge is 0.277 e. The van der Waals surface area contributed by atoms with E-state index in [1.807, 2.05) is 4.90 Å². The number of carbonyl (C=O) groups excluding carboxylic acids is 1. The van der Waals surface area contributed by atoms with Gasteiger partial charge in [-0.15, -0.1) is 0 Å². The minimum atomic E-state index is -1.06. The number of nitrogens with zero attached hydrogens (tertiary/aromatic N) is 1. The van der Waals surface area contributed by atoms with Gasteiger partial charge in [-0.05, 0) is 19.3 Å². The molecule has 2 aromatic rings. The van der Waals surface area contributed by atoms with Crippen LogP contribution in [0.25, 0.3) is 0 Å². The Hall–Kier alpha value is -1.93. The zero-order valence-electron chi connectivity index (χ0n) is 12.5. The molecule has 3 rings (SSSR count). The Kier molecular flexibility index (Phi) is 4.86. The maximum Gasteiger partial charge on any atom is 0.277 e. The molecule has 2 N–H and O–H groups in total. The number of aromatic amines is 1. The third kappa shape index (κ3) is 3.29. The molecule has 1 aromatic heterocycles. The highest BCUT2D eigenvalue weighted by Gasteiger charge is 2.22. The molecule has 0 bridgehead atoms. The number of hydrogen-bond acceptors (Lipinski definition) is 4. The van der Waals surface area contributed by atoms with Gasteiger partial charge in [-0.2, -0.15) is 0 Å². The van der Waals surface area contributed by atoms with Crippen LogP contribution in [0.2, 0.25) is 5.02 Å². The number of amides is 1. The van der Waals surface area contributed by atoms with E-state index in [-0.39, 0.29) is 15.6 Å². The first-order valence-electron chi connectivity index (χ1n) is 7.39. The fourth-order valence-corrected chi connectivity index (χ4v) is 3.58. The fraction of sp³-hybridized carbons (Fsp3) is 0.333. The second-order valence-corrected chi connectivity index (χ2v) is 6.66. The predicted molar refractivity (Wildman–Crippen MR) is 90.3 cm³/mol. The Balaban J connectivity index is 1.94. The van der Waals surface area contributed by atoms with E-state index < -0.39 is 23.1 Å². The van der Waals surface area contributed by atoms with Crippen LogP contribution in [0, 0.1) is 11.6 Å². The average molecular weight is 374 g/mol. The van der Waals surface area contributed by atoms with Crippen LogP contribution in [0.3, 0.4) is 0 Å². The van der Waals surface area contributed by atoms with Crippen LogP contribution in [0.1, 0.15) is 28.9 Å². The Morgan fingerprint density at radius 2 is 1.88 bits per heavy atom. The average Bonchev–Trinajstić information content (AvgIpc) is 2.91. The van der Waals surface area contributed by atoms with Gasteiger partial charge in [-0.1, -0.05) is 23.1 Å². The maximum absolute atomic E-state index is 13.7. The fourth-order valence-electron chi connectivity index (χ4n) is 2.65. The van der Waals surface area contributed by atoms with Crippen molar-refractivity contribution in [3.05, 3.63) is 44.0 Å². The van der Waals surface area contributed by atoms with Gasteiger partial charge < -0.3 is 10.2 Å². The van der Waals surface area contributed by atoms with E-state index in [9.17, 15) is 18.4 Å². The molecule has 0 saturated carbocycles. The van der Waals surface area contributed by atoms with E-state index in [1.165, 1.54) is 0 Å². The summed E-state index contributed by atoms with van der Waals surface area (Å²) in [5.74, 6) is -2.68. The van der Waals surface area contributed by atoms with Gasteiger partial charge in [0.15, 0.2) is 11.6 Å². The largest absolute Gasteiger partial charge is 0.370 e. The van der Waals surface area contributed by atoms with Gasteiger partial charge in [0.25, 0.3) is 11.5 Å². The lowest BCUT2D eigenvalue weighted by atomic mass is 10.1. The van der Waals surface area contributed by atoms with Crippen LogP contribution in [-0.4, -0.2) is 23.4 Å². The van der Waals surface area contributed by atoms with E-state index >= 15 is 0 Å². The van der Waals surface area contributed by atoms with E-state index in [4.69, 9.17) is 11.6 Å². The molecule has 5 nitrogen and oxygen atoms in total. The van der Waals surface area contributed by atoms with Crippen LogP contribution in [0.5, 0.6) is 0 Å². The van der Waals surface area contributed by atoms with Crippen LogP contribution < -0.4 is 15.8 Å². The highest BCUT2D eigenvalue weighted by Crippen LogP contribution is 2.31. The molecule has 0 atom stereocenters. The number of anilines is 2. The number of halogens is 3. The minimum absolute atomic E-state index is 0.00371. The van der Waals surface area contributed by atoms with Crippen LogP contribution in [0.15, 0.2) is 16.9 Å². The van der Waals surface area contributed by atoms with Crippen molar-refractivity contribution in [3.63, 3.8) is 0 Å². The Morgan fingerprint density at radius 3 is 2.50 bits per heavy atom. The quantitative estimate of drug-likeness (QED) is 0.863.